The van der Waals surface area contributed by atoms with Crippen LogP contribution in [0.3, 0.4) is 0 Å². The van der Waals surface area contributed by atoms with Gasteiger partial charge < -0.3 is 10.1 Å². The summed E-state index contributed by atoms with van der Waals surface area (Å²) in [6.45, 7) is 10.8. The van der Waals surface area contributed by atoms with E-state index in [4.69, 9.17) is 4.74 Å². The van der Waals surface area contributed by atoms with Crippen molar-refractivity contribution in [3.8, 4) is 5.75 Å². The summed E-state index contributed by atoms with van der Waals surface area (Å²) >= 11 is 0. The Kier molecular flexibility index (Phi) is 6.19. The first kappa shape index (κ1) is 15.0. The van der Waals surface area contributed by atoms with E-state index in [0.29, 0.717) is 12.0 Å². The monoisotopic (exact) mass is 253 g/mol. The van der Waals surface area contributed by atoms with Gasteiger partial charge in [-0.3, -0.25) is 4.68 Å². The zero-order valence-corrected chi connectivity index (χ0v) is 12.4. The van der Waals surface area contributed by atoms with Crippen molar-refractivity contribution in [2.24, 2.45) is 5.92 Å². The molecule has 1 unspecified atom stereocenters. The maximum Gasteiger partial charge on any atom is 0.159 e. The van der Waals surface area contributed by atoms with Gasteiger partial charge in [-0.05, 0) is 25.3 Å². The Morgan fingerprint density at radius 1 is 1.39 bits per heavy atom. The van der Waals surface area contributed by atoms with Crippen molar-refractivity contribution in [1.29, 1.82) is 0 Å². The van der Waals surface area contributed by atoms with Crippen LogP contribution in [0.5, 0.6) is 5.75 Å². The van der Waals surface area contributed by atoms with E-state index in [2.05, 4.69) is 42.8 Å². The van der Waals surface area contributed by atoms with E-state index in [1.165, 1.54) is 5.69 Å². The lowest BCUT2D eigenvalue weighted by molar-refractivity contribution is 0.396. The van der Waals surface area contributed by atoms with Crippen LogP contribution in [0.2, 0.25) is 0 Å². The van der Waals surface area contributed by atoms with Crippen LogP contribution in [-0.2, 0) is 13.0 Å². The van der Waals surface area contributed by atoms with E-state index in [1.54, 1.807) is 7.11 Å². The predicted molar refractivity (Wildman–Crippen MR) is 75.1 cm³/mol. The van der Waals surface area contributed by atoms with Gasteiger partial charge in [0.15, 0.2) is 5.75 Å². The minimum atomic E-state index is 0.537. The molecule has 1 rings (SSSR count). The summed E-state index contributed by atoms with van der Waals surface area (Å²) in [6, 6.07) is 0.537. The molecule has 0 radical (unpaired) electrons. The van der Waals surface area contributed by atoms with Crippen molar-refractivity contribution in [3.05, 3.63) is 11.9 Å². The van der Waals surface area contributed by atoms with Gasteiger partial charge in [0, 0.05) is 12.6 Å². The number of rotatable bonds is 8. The molecule has 0 aromatic carbocycles. The molecule has 4 heteroatoms. The maximum absolute atomic E-state index is 5.40. The zero-order chi connectivity index (χ0) is 13.5. The Balaban J connectivity index is 2.65. The number of nitrogens with zero attached hydrogens (tertiary/aromatic N) is 2. The van der Waals surface area contributed by atoms with Gasteiger partial charge in [-0.2, -0.15) is 5.10 Å². The lowest BCUT2D eigenvalue weighted by Gasteiger charge is -2.16. The third kappa shape index (κ3) is 4.33. The van der Waals surface area contributed by atoms with E-state index in [1.807, 2.05) is 6.20 Å². The molecule has 0 fully saturated rings. The summed E-state index contributed by atoms with van der Waals surface area (Å²) in [5.41, 5.74) is 1.22. The molecule has 1 atom stereocenters. The fourth-order valence-electron chi connectivity index (χ4n) is 2.01. The van der Waals surface area contributed by atoms with E-state index in [0.717, 1.165) is 31.7 Å². The Hall–Kier alpha value is -1.03. The molecule has 1 aromatic rings. The Morgan fingerprint density at radius 3 is 2.67 bits per heavy atom. The van der Waals surface area contributed by atoms with Gasteiger partial charge in [-0.1, -0.05) is 27.7 Å². The number of hydrogen-bond donors (Lipinski definition) is 1. The Morgan fingerprint density at radius 2 is 2.11 bits per heavy atom. The predicted octanol–water partition coefficient (Wildman–Crippen LogP) is 2.48. The summed E-state index contributed by atoms with van der Waals surface area (Å²) in [5, 5.41) is 7.87. The highest BCUT2D eigenvalue weighted by atomic mass is 16.5. The van der Waals surface area contributed by atoms with Crippen LogP contribution >= 0.6 is 0 Å². The number of methoxy groups -OCH3 is 1. The average molecular weight is 253 g/mol. The molecule has 0 aliphatic carbocycles. The highest BCUT2D eigenvalue weighted by Gasteiger charge is 2.14. The molecule has 1 heterocycles. The van der Waals surface area contributed by atoms with Crippen LogP contribution in [0.1, 0.15) is 39.8 Å². The SMILES string of the molecule is CCCn1ncc(OC)c1CC(C)CNC(C)C. The van der Waals surface area contributed by atoms with Gasteiger partial charge in [-0.15, -0.1) is 0 Å². The molecule has 0 aliphatic rings. The second kappa shape index (κ2) is 7.41. The Labute approximate surface area is 111 Å². The molecular weight excluding hydrogens is 226 g/mol. The summed E-state index contributed by atoms with van der Waals surface area (Å²) in [6.07, 6.45) is 3.92. The van der Waals surface area contributed by atoms with Crippen LogP contribution < -0.4 is 10.1 Å². The molecule has 0 bridgehead atoms. The van der Waals surface area contributed by atoms with E-state index in [9.17, 15) is 0 Å². The molecule has 4 nitrogen and oxygen atoms in total. The topological polar surface area (TPSA) is 39.1 Å². The molecule has 0 aliphatic heterocycles. The molecule has 0 amide bonds. The van der Waals surface area contributed by atoms with Gasteiger partial charge in [0.05, 0.1) is 19.0 Å². The third-order valence-corrected chi connectivity index (χ3v) is 2.98. The van der Waals surface area contributed by atoms with Gasteiger partial charge in [0.2, 0.25) is 0 Å². The van der Waals surface area contributed by atoms with Gasteiger partial charge in [0.25, 0.3) is 0 Å². The molecule has 104 valence electrons. The van der Waals surface area contributed by atoms with Crippen molar-refractivity contribution in [3.63, 3.8) is 0 Å². The highest BCUT2D eigenvalue weighted by Crippen LogP contribution is 2.21. The van der Waals surface area contributed by atoms with Crippen LogP contribution in [0, 0.1) is 5.92 Å². The largest absolute Gasteiger partial charge is 0.493 e. The van der Waals surface area contributed by atoms with Crippen molar-refractivity contribution < 1.29 is 4.74 Å². The molecule has 0 saturated heterocycles. The maximum atomic E-state index is 5.40. The lowest BCUT2D eigenvalue weighted by atomic mass is 10.0. The summed E-state index contributed by atoms with van der Waals surface area (Å²) < 4.78 is 7.47. The normalized spacial score (nSPS) is 13.0. The first-order valence-electron chi connectivity index (χ1n) is 6.90. The zero-order valence-electron chi connectivity index (χ0n) is 12.4. The second-order valence-electron chi connectivity index (χ2n) is 5.26. The molecule has 18 heavy (non-hydrogen) atoms. The molecule has 1 aromatic heterocycles. The smallest absolute Gasteiger partial charge is 0.159 e. The van der Waals surface area contributed by atoms with Crippen molar-refractivity contribution in [2.75, 3.05) is 13.7 Å². The van der Waals surface area contributed by atoms with E-state index < -0.39 is 0 Å². The first-order chi connectivity index (χ1) is 8.58. The van der Waals surface area contributed by atoms with Gasteiger partial charge in [-0.25, -0.2) is 0 Å². The highest BCUT2D eigenvalue weighted by molar-refractivity contribution is 5.25. The van der Waals surface area contributed by atoms with Crippen LogP contribution in [0.4, 0.5) is 0 Å². The van der Waals surface area contributed by atoms with Crippen molar-refractivity contribution in [2.45, 2.75) is 53.1 Å². The number of aromatic nitrogens is 2. The number of aryl methyl sites for hydroxylation is 1. The fourth-order valence-corrected chi connectivity index (χ4v) is 2.01. The minimum absolute atomic E-state index is 0.537. The molecule has 0 spiro atoms. The van der Waals surface area contributed by atoms with Crippen molar-refractivity contribution >= 4 is 0 Å². The summed E-state index contributed by atoms with van der Waals surface area (Å²) in [7, 11) is 1.72. The summed E-state index contributed by atoms with van der Waals surface area (Å²) in [4.78, 5) is 0. The van der Waals surface area contributed by atoms with Crippen LogP contribution in [0.15, 0.2) is 6.20 Å². The minimum Gasteiger partial charge on any atom is -0.493 e. The lowest BCUT2D eigenvalue weighted by Crippen LogP contribution is -2.29. The number of hydrogen-bond acceptors (Lipinski definition) is 3. The van der Waals surface area contributed by atoms with Gasteiger partial charge in [0.1, 0.15) is 0 Å². The quantitative estimate of drug-likeness (QED) is 0.773. The third-order valence-electron chi connectivity index (χ3n) is 2.98. The fraction of sp³-hybridized carbons (Fsp3) is 0.786. The second-order valence-corrected chi connectivity index (χ2v) is 5.26. The molecule has 0 saturated carbocycles. The van der Waals surface area contributed by atoms with Crippen LogP contribution in [0.25, 0.3) is 0 Å². The van der Waals surface area contributed by atoms with E-state index >= 15 is 0 Å². The van der Waals surface area contributed by atoms with Gasteiger partial charge >= 0.3 is 0 Å². The number of ether oxygens (including phenoxy) is 1. The van der Waals surface area contributed by atoms with Crippen LogP contribution in [-0.4, -0.2) is 29.5 Å². The Bertz CT molecular complexity index is 347. The van der Waals surface area contributed by atoms with Crippen molar-refractivity contribution in [1.82, 2.24) is 15.1 Å². The molecule has 1 N–H and O–H groups in total. The summed E-state index contributed by atoms with van der Waals surface area (Å²) in [5.74, 6) is 1.49. The number of nitrogens with one attached hydrogen (secondary N) is 1. The standard InChI is InChI=1S/C14H27N3O/c1-6-7-17-13(14(18-5)10-16-17)8-12(4)9-15-11(2)3/h10-12,15H,6-9H2,1-5H3. The van der Waals surface area contributed by atoms with E-state index in [-0.39, 0.29) is 0 Å². The average Bonchev–Trinajstić information content (AvgIpc) is 2.70. The molecular formula is C14H27N3O. The first-order valence-corrected chi connectivity index (χ1v) is 6.90.